The largest absolute Gasteiger partial charge is 0.433 e. The Labute approximate surface area is 149 Å². The monoisotopic (exact) mass is 370 g/mol. The van der Waals surface area contributed by atoms with E-state index in [2.05, 4.69) is 9.97 Å². The molecule has 3 heterocycles. The SMILES string of the molecule is COC(C)(C)C(=O)N1CCC(c2cc(C(F)(F)F)nc3nccn23)CC1. The Morgan fingerprint density at radius 1 is 1.27 bits per heavy atom. The third kappa shape index (κ3) is 3.40. The number of fused-ring (bicyclic) bond motifs is 1. The fraction of sp³-hybridized carbons (Fsp3) is 0.588. The molecular formula is C17H21F3N4O2. The number of carbonyl (C=O) groups is 1. The van der Waals surface area contributed by atoms with Crippen molar-refractivity contribution in [1.29, 1.82) is 0 Å². The number of hydrogen-bond acceptors (Lipinski definition) is 4. The molecule has 1 aliphatic rings. The molecule has 2 aromatic heterocycles. The summed E-state index contributed by atoms with van der Waals surface area (Å²) < 4.78 is 46.2. The van der Waals surface area contributed by atoms with Gasteiger partial charge in [-0.05, 0) is 32.8 Å². The summed E-state index contributed by atoms with van der Waals surface area (Å²) in [6.45, 7) is 4.34. The van der Waals surface area contributed by atoms with Crippen molar-refractivity contribution in [1.82, 2.24) is 19.3 Å². The number of hydrogen-bond donors (Lipinski definition) is 0. The Morgan fingerprint density at radius 2 is 1.92 bits per heavy atom. The third-order valence-electron chi connectivity index (χ3n) is 4.92. The Hall–Kier alpha value is -2.16. The lowest BCUT2D eigenvalue weighted by atomic mass is 9.91. The summed E-state index contributed by atoms with van der Waals surface area (Å²) in [5.41, 5.74) is -1.33. The standard InChI is InChI=1S/C17H21F3N4O2/c1-16(2,26-3)14(25)23-7-4-11(5-8-23)12-10-13(17(18,19)20)22-15-21-6-9-24(12)15/h6,9-11H,4-5,7-8H2,1-3H3. The van der Waals surface area contributed by atoms with E-state index in [4.69, 9.17) is 4.74 Å². The van der Waals surface area contributed by atoms with Crippen LogP contribution in [0.2, 0.25) is 0 Å². The van der Waals surface area contributed by atoms with Crippen LogP contribution in [0.3, 0.4) is 0 Å². The topological polar surface area (TPSA) is 59.7 Å². The number of rotatable bonds is 3. The van der Waals surface area contributed by atoms with Gasteiger partial charge >= 0.3 is 6.18 Å². The third-order valence-corrected chi connectivity index (χ3v) is 4.92. The molecule has 0 unspecified atom stereocenters. The number of aromatic nitrogens is 3. The molecule has 0 radical (unpaired) electrons. The van der Waals surface area contributed by atoms with Gasteiger partial charge in [0, 0.05) is 44.2 Å². The molecule has 0 atom stereocenters. The fourth-order valence-corrected chi connectivity index (χ4v) is 3.24. The Morgan fingerprint density at radius 3 is 2.50 bits per heavy atom. The van der Waals surface area contributed by atoms with Gasteiger partial charge in [0.25, 0.3) is 5.91 Å². The van der Waals surface area contributed by atoms with Gasteiger partial charge in [0.05, 0.1) is 0 Å². The molecule has 1 saturated heterocycles. The molecule has 1 amide bonds. The summed E-state index contributed by atoms with van der Waals surface area (Å²) in [5.74, 6) is -0.184. The summed E-state index contributed by atoms with van der Waals surface area (Å²) in [7, 11) is 1.48. The Kier molecular flexibility index (Phi) is 4.68. The van der Waals surface area contributed by atoms with E-state index in [9.17, 15) is 18.0 Å². The Balaban J connectivity index is 1.84. The van der Waals surface area contributed by atoms with Crippen molar-refractivity contribution < 1.29 is 22.7 Å². The van der Waals surface area contributed by atoms with E-state index in [1.54, 1.807) is 29.3 Å². The maximum absolute atomic E-state index is 13.1. The van der Waals surface area contributed by atoms with E-state index in [1.165, 1.54) is 13.3 Å². The highest BCUT2D eigenvalue weighted by Gasteiger charge is 2.37. The number of nitrogens with zero attached hydrogens (tertiary/aromatic N) is 4. The first-order chi connectivity index (χ1) is 12.1. The molecule has 9 heteroatoms. The predicted octanol–water partition coefficient (Wildman–Crippen LogP) is 2.88. The molecule has 0 bridgehead atoms. The van der Waals surface area contributed by atoms with Crippen LogP contribution in [0.15, 0.2) is 18.5 Å². The summed E-state index contributed by atoms with van der Waals surface area (Å²) >= 11 is 0. The molecule has 0 spiro atoms. The van der Waals surface area contributed by atoms with Crippen LogP contribution in [0.25, 0.3) is 5.78 Å². The number of alkyl halides is 3. The second-order valence-electron chi connectivity index (χ2n) is 6.94. The molecule has 0 aliphatic carbocycles. The first-order valence-corrected chi connectivity index (χ1v) is 8.39. The quantitative estimate of drug-likeness (QED) is 0.834. The molecule has 0 saturated carbocycles. The summed E-state index contributed by atoms with van der Waals surface area (Å²) in [4.78, 5) is 21.7. The molecule has 1 fully saturated rings. The molecule has 0 N–H and O–H groups in total. The zero-order chi connectivity index (χ0) is 19.1. The summed E-state index contributed by atoms with van der Waals surface area (Å²) in [6.07, 6.45) is -0.336. The number of piperidine rings is 1. The van der Waals surface area contributed by atoms with Gasteiger partial charge in [0.1, 0.15) is 11.3 Å². The number of halogens is 3. The molecule has 2 aromatic rings. The average molecular weight is 370 g/mol. The van der Waals surface area contributed by atoms with Gasteiger partial charge in [0.15, 0.2) is 0 Å². The van der Waals surface area contributed by atoms with Crippen LogP contribution < -0.4 is 0 Å². The van der Waals surface area contributed by atoms with E-state index in [-0.39, 0.29) is 17.6 Å². The minimum Gasteiger partial charge on any atom is -0.369 e. The molecule has 3 rings (SSSR count). The number of amides is 1. The zero-order valence-corrected chi connectivity index (χ0v) is 14.9. The van der Waals surface area contributed by atoms with E-state index < -0.39 is 17.5 Å². The van der Waals surface area contributed by atoms with Crippen LogP contribution in [-0.4, -0.2) is 51.0 Å². The molecule has 26 heavy (non-hydrogen) atoms. The highest BCUT2D eigenvalue weighted by atomic mass is 19.4. The lowest BCUT2D eigenvalue weighted by Gasteiger charge is -2.36. The van der Waals surface area contributed by atoms with Crippen LogP contribution in [0.5, 0.6) is 0 Å². The smallest absolute Gasteiger partial charge is 0.369 e. The lowest BCUT2D eigenvalue weighted by molar-refractivity contribution is -0.152. The van der Waals surface area contributed by atoms with Crippen molar-refractivity contribution in [2.24, 2.45) is 0 Å². The summed E-state index contributed by atoms with van der Waals surface area (Å²) in [6, 6.07) is 1.09. The molecule has 1 aliphatic heterocycles. The van der Waals surface area contributed by atoms with Crippen molar-refractivity contribution in [2.75, 3.05) is 20.2 Å². The van der Waals surface area contributed by atoms with Crippen molar-refractivity contribution in [3.8, 4) is 0 Å². The molecule has 6 nitrogen and oxygen atoms in total. The zero-order valence-electron chi connectivity index (χ0n) is 14.9. The van der Waals surface area contributed by atoms with Crippen molar-refractivity contribution in [3.63, 3.8) is 0 Å². The van der Waals surface area contributed by atoms with Gasteiger partial charge in [-0.1, -0.05) is 0 Å². The van der Waals surface area contributed by atoms with Gasteiger partial charge in [-0.2, -0.15) is 13.2 Å². The van der Waals surface area contributed by atoms with E-state index in [0.717, 1.165) is 6.07 Å². The number of likely N-dealkylation sites (tertiary alicyclic amines) is 1. The molecular weight excluding hydrogens is 349 g/mol. The van der Waals surface area contributed by atoms with Crippen molar-refractivity contribution in [2.45, 2.75) is 44.4 Å². The van der Waals surface area contributed by atoms with Crippen molar-refractivity contribution >= 4 is 11.7 Å². The van der Waals surface area contributed by atoms with Crippen LogP contribution in [-0.2, 0) is 15.7 Å². The number of methoxy groups -OCH3 is 1. The van der Waals surface area contributed by atoms with Crippen LogP contribution in [0.1, 0.15) is 44.0 Å². The predicted molar refractivity (Wildman–Crippen MR) is 87.6 cm³/mol. The van der Waals surface area contributed by atoms with Gasteiger partial charge in [0.2, 0.25) is 5.78 Å². The first kappa shape index (κ1) is 18.6. The second kappa shape index (κ2) is 6.53. The highest BCUT2D eigenvalue weighted by Crippen LogP contribution is 2.34. The Bertz CT molecular complexity index is 808. The van der Waals surface area contributed by atoms with E-state index in [0.29, 0.717) is 31.6 Å². The first-order valence-electron chi connectivity index (χ1n) is 8.39. The molecule has 142 valence electrons. The minimum atomic E-state index is -4.53. The minimum absolute atomic E-state index is 0.0360. The maximum Gasteiger partial charge on any atom is 0.433 e. The average Bonchev–Trinajstić information content (AvgIpc) is 3.08. The maximum atomic E-state index is 13.1. The normalized spacial score (nSPS) is 17.1. The number of imidazole rings is 1. The number of ether oxygens (including phenoxy) is 1. The van der Waals surface area contributed by atoms with Gasteiger partial charge in [-0.3, -0.25) is 9.20 Å². The van der Waals surface area contributed by atoms with Crippen LogP contribution in [0, 0.1) is 0 Å². The molecule has 0 aromatic carbocycles. The second-order valence-corrected chi connectivity index (χ2v) is 6.94. The van der Waals surface area contributed by atoms with Gasteiger partial charge < -0.3 is 9.64 Å². The summed E-state index contributed by atoms with van der Waals surface area (Å²) in [5, 5.41) is 0. The van der Waals surface area contributed by atoms with Crippen LogP contribution in [0.4, 0.5) is 13.2 Å². The van der Waals surface area contributed by atoms with Crippen molar-refractivity contribution in [3.05, 3.63) is 29.8 Å². The fourth-order valence-electron chi connectivity index (χ4n) is 3.24. The lowest BCUT2D eigenvalue weighted by Crippen LogP contribution is -2.49. The number of carbonyl (C=O) groups excluding carboxylic acids is 1. The van der Waals surface area contributed by atoms with Gasteiger partial charge in [-0.15, -0.1) is 0 Å². The van der Waals surface area contributed by atoms with E-state index >= 15 is 0 Å². The van der Waals surface area contributed by atoms with Crippen LogP contribution >= 0.6 is 0 Å². The highest BCUT2D eigenvalue weighted by molar-refractivity contribution is 5.84. The van der Waals surface area contributed by atoms with Gasteiger partial charge in [-0.25, -0.2) is 9.97 Å². The van der Waals surface area contributed by atoms with E-state index in [1.807, 2.05) is 0 Å².